The number of hydrogen-bond acceptors (Lipinski definition) is 1. The first-order valence-electron chi connectivity index (χ1n) is 2.80. The summed E-state index contributed by atoms with van der Waals surface area (Å²) in [6, 6.07) is 0. The van der Waals surface area contributed by atoms with Gasteiger partial charge in [-0.15, -0.1) is 34.8 Å². The summed E-state index contributed by atoms with van der Waals surface area (Å²) in [5.74, 6) is 0.273. The van der Waals surface area contributed by atoms with Crippen molar-refractivity contribution in [2.45, 2.75) is 13.8 Å². The van der Waals surface area contributed by atoms with Crippen LogP contribution in [0, 0.1) is 5.41 Å². The van der Waals surface area contributed by atoms with Gasteiger partial charge < -0.3 is 0 Å². The monoisotopic (exact) mass is 238 g/mol. The normalized spacial score (nSPS) is 10.0. The molecule has 0 radical (unpaired) electrons. The summed E-state index contributed by atoms with van der Waals surface area (Å²) < 4.78 is 0. The van der Waals surface area contributed by atoms with Gasteiger partial charge in [0.1, 0.15) is 0 Å². The third-order valence-corrected chi connectivity index (χ3v) is 2.05. The highest BCUT2D eigenvalue weighted by Gasteiger charge is 2.23. The van der Waals surface area contributed by atoms with Crippen LogP contribution in [0.1, 0.15) is 13.8 Å². The number of carbonyl (C=O) groups is 1. The molecule has 0 spiro atoms. The van der Waals surface area contributed by atoms with Gasteiger partial charge in [-0.05, 0) is 11.6 Å². The van der Waals surface area contributed by atoms with E-state index in [0.29, 0.717) is 0 Å². The number of alkyl halides is 3. The Morgan fingerprint density at radius 1 is 1.27 bits per heavy atom. The Morgan fingerprint density at radius 3 is 1.55 bits per heavy atom. The van der Waals surface area contributed by atoms with Crippen LogP contribution in [0.15, 0.2) is 0 Å². The highest BCUT2D eigenvalue weighted by molar-refractivity contribution is 6.65. The molecule has 0 aliphatic rings. The molecule has 0 atom stereocenters. The van der Waals surface area contributed by atoms with Gasteiger partial charge in [-0.1, -0.05) is 13.8 Å². The molecule has 0 heterocycles. The van der Waals surface area contributed by atoms with Gasteiger partial charge in [-0.2, -0.15) is 0 Å². The molecule has 0 aliphatic carbocycles. The van der Waals surface area contributed by atoms with E-state index in [2.05, 4.69) is 0 Å². The minimum atomic E-state index is -0.566. The molecule has 0 aromatic rings. The largest absolute Gasteiger partial charge is 0.281 e. The molecule has 1 nitrogen and oxygen atoms in total. The molecule has 0 saturated heterocycles. The maximum Gasteiger partial charge on any atom is 0.228 e. The molecule has 0 rings (SSSR count). The average Bonchev–Trinajstić information content (AvgIpc) is 1.89. The van der Waals surface area contributed by atoms with E-state index in [1.807, 2.05) is 0 Å². The third-order valence-electron chi connectivity index (χ3n) is 0.866. The van der Waals surface area contributed by atoms with Crippen molar-refractivity contribution in [2.75, 3.05) is 11.2 Å². The van der Waals surface area contributed by atoms with Crippen LogP contribution in [-0.4, -0.2) is 16.5 Å². The van der Waals surface area contributed by atoms with Gasteiger partial charge >= 0.3 is 0 Å². The molecule has 0 aromatic carbocycles. The molecular weight excluding hydrogens is 230 g/mol. The molecule has 0 amide bonds. The molecule has 0 N–H and O–H groups in total. The van der Waals surface area contributed by atoms with Gasteiger partial charge in [-0.25, -0.2) is 0 Å². The van der Waals surface area contributed by atoms with Gasteiger partial charge in [0.15, 0.2) is 0 Å². The molecule has 0 aromatic heterocycles. The fourth-order valence-corrected chi connectivity index (χ4v) is 0.309. The van der Waals surface area contributed by atoms with E-state index in [0.717, 1.165) is 0 Å². The maximum absolute atomic E-state index is 10.4. The van der Waals surface area contributed by atoms with Gasteiger partial charge in [0.2, 0.25) is 5.24 Å². The van der Waals surface area contributed by atoms with E-state index in [9.17, 15) is 4.79 Å². The van der Waals surface area contributed by atoms with Gasteiger partial charge in [0, 0.05) is 5.88 Å². The molecule has 0 fully saturated rings. The summed E-state index contributed by atoms with van der Waals surface area (Å²) in [5.41, 5.74) is -0.566. The first-order valence-corrected chi connectivity index (χ1v) is 4.78. The van der Waals surface area contributed by atoms with Crippen LogP contribution in [0.3, 0.4) is 0 Å². The minimum absolute atomic E-state index is 0.194. The Labute approximate surface area is 86.9 Å². The SMILES string of the molecule is CC(C)(CCl)C(=O)Cl.ClCCl. The Morgan fingerprint density at radius 2 is 1.55 bits per heavy atom. The second kappa shape index (κ2) is 7.48. The quantitative estimate of drug-likeness (QED) is 0.533. The summed E-state index contributed by atoms with van der Waals surface area (Å²) in [6.45, 7) is 3.41. The molecule has 11 heavy (non-hydrogen) atoms. The first kappa shape index (κ1) is 14.4. The smallest absolute Gasteiger partial charge is 0.228 e. The Bertz CT molecular complexity index is 113. The fourth-order valence-electron chi connectivity index (χ4n) is 0.0525. The predicted octanol–water partition coefficient (Wildman–Crippen LogP) is 3.44. The lowest BCUT2D eigenvalue weighted by Crippen LogP contribution is -2.20. The van der Waals surface area contributed by atoms with Crippen molar-refractivity contribution in [2.24, 2.45) is 5.41 Å². The lowest BCUT2D eigenvalue weighted by molar-refractivity contribution is -0.118. The van der Waals surface area contributed by atoms with E-state index < -0.39 is 5.41 Å². The van der Waals surface area contributed by atoms with E-state index in [4.69, 9.17) is 46.4 Å². The molecule has 0 saturated carbocycles. The van der Waals surface area contributed by atoms with E-state index in [1.54, 1.807) is 13.8 Å². The molecule has 68 valence electrons. The lowest BCUT2D eigenvalue weighted by Gasteiger charge is -2.13. The first-order chi connectivity index (χ1) is 4.92. The van der Waals surface area contributed by atoms with Crippen molar-refractivity contribution < 1.29 is 4.79 Å². The van der Waals surface area contributed by atoms with Crippen molar-refractivity contribution in [1.29, 1.82) is 0 Å². The van der Waals surface area contributed by atoms with E-state index in [1.165, 1.54) is 0 Å². The van der Waals surface area contributed by atoms with Crippen LogP contribution in [0.4, 0.5) is 0 Å². The van der Waals surface area contributed by atoms with Crippen molar-refractivity contribution in [3.63, 3.8) is 0 Å². The topological polar surface area (TPSA) is 17.1 Å². The van der Waals surface area contributed by atoms with Crippen molar-refractivity contribution in [3.8, 4) is 0 Å². The summed E-state index contributed by atoms with van der Waals surface area (Å²) in [6.07, 6.45) is 0. The molecular formula is C6H10Cl4O. The zero-order chi connectivity index (χ0) is 9.49. The second-order valence-corrected chi connectivity index (χ2v) is 3.81. The average molecular weight is 240 g/mol. The van der Waals surface area contributed by atoms with Crippen LogP contribution >= 0.6 is 46.4 Å². The van der Waals surface area contributed by atoms with Crippen LogP contribution in [-0.2, 0) is 4.79 Å². The van der Waals surface area contributed by atoms with Crippen LogP contribution in [0.2, 0.25) is 0 Å². The Balaban J connectivity index is 0. The maximum atomic E-state index is 10.4. The highest BCUT2D eigenvalue weighted by Crippen LogP contribution is 2.19. The van der Waals surface area contributed by atoms with Crippen molar-refractivity contribution in [1.82, 2.24) is 0 Å². The lowest BCUT2D eigenvalue weighted by atomic mass is 9.99. The summed E-state index contributed by atoms with van der Waals surface area (Å²) in [5, 5.41) is -0.187. The number of hydrogen-bond donors (Lipinski definition) is 0. The molecule has 0 unspecified atom stereocenters. The minimum Gasteiger partial charge on any atom is -0.281 e. The zero-order valence-electron chi connectivity index (χ0n) is 6.33. The molecule has 5 heteroatoms. The van der Waals surface area contributed by atoms with Crippen molar-refractivity contribution >= 4 is 51.6 Å². The molecule has 0 bridgehead atoms. The Kier molecular flexibility index (Phi) is 9.76. The van der Waals surface area contributed by atoms with Crippen LogP contribution in [0.25, 0.3) is 0 Å². The third kappa shape index (κ3) is 8.74. The van der Waals surface area contributed by atoms with Gasteiger partial charge in [-0.3, -0.25) is 4.79 Å². The standard InChI is InChI=1S/C5H8Cl2O.CH2Cl2/c1-5(2,3-6)4(7)8;2-1-3/h3H2,1-2H3;1H2. The highest BCUT2D eigenvalue weighted by atomic mass is 35.5. The summed E-state index contributed by atoms with van der Waals surface area (Å²) >= 11 is 20.1. The fraction of sp³-hybridized carbons (Fsp3) is 0.833. The van der Waals surface area contributed by atoms with Crippen LogP contribution < -0.4 is 0 Å². The van der Waals surface area contributed by atoms with Crippen molar-refractivity contribution in [3.05, 3.63) is 0 Å². The van der Waals surface area contributed by atoms with E-state index in [-0.39, 0.29) is 16.5 Å². The number of halogens is 4. The Hall–Kier alpha value is 0.830. The summed E-state index contributed by atoms with van der Waals surface area (Å²) in [4.78, 5) is 10.4. The second-order valence-electron chi connectivity index (χ2n) is 2.39. The summed E-state index contributed by atoms with van der Waals surface area (Å²) in [7, 11) is 0. The number of rotatable bonds is 2. The predicted molar refractivity (Wildman–Crippen MR) is 51.9 cm³/mol. The van der Waals surface area contributed by atoms with Gasteiger partial charge in [0.05, 0.1) is 10.8 Å². The number of carbonyl (C=O) groups excluding carboxylic acids is 1. The zero-order valence-corrected chi connectivity index (χ0v) is 9.36. The van der Waals surface area contributed by atoms with E-state index >= 15 is 0 Å². The van der Waals surface area contributed by atoms with Gasteiger partial charge in [0.25, 0.3) is 0 Å². The molecule has 0 aliphatic heterocycles. The van der Waals surface area contributed by atoms with Crippen LogP contribution in [0.5, 0.6) is 0 Å².